The minimum Gasteiger partial charge on any atom is -0.131 e. The van der Waals surface area contributed by atoms with Gasteiger partial charge < -0.3 is 0 Å². The molecular weight excluding hydrogens is 225 g/mol. The van der Waals surface area contributed by atoms with E-state index in [4.69, 9.17) is 0 Å². The Balaban J connectivity index is 5.54. The summed E-state index contributed by atoms with van der Waals surface area (Å²) in [6.07, 6.45) is 0. The Labute approximate surface area is 97.4 Å². The molecule has 3 atom stereocenters. The van der Waals surface area contributed by atoms with Crippen LogP contribution in [0.4, 0.5) is 0 Å². The van der Waals surface area contributed by atoms with E-state index in [1.54, 1.807) is 0 Å². The first-order valence-electron chi connectivity index (χ1n) is 5.12. The van der Waals surface area contributed by atoms with Crippen LogP contribution in [0, 0.1) is 5.41 Å². The molecule has 0 N–H and O–H groups in total. The molecule has 0 aliphatic rings. The highest BCUT2D eigenvalue weighted by Crippen LogP contribution is 2.59. The van der Waals surface area contributed by atoms with Crippen LogP contribution in [0.3, 0.4) is 0 Å². The van der Waals surface area contributed by atoms with E-state index in [1.807, 2.05) is 0 Å². The van der Waals surface area contributed by atoms with Crippen molar-refractivity contribution in [3.63, 3.8) is 0 Å². The Morgan fingerprint density at radius 1 is 0.500 bits per heavy atom. The van der Waals surface area contributed by atoms with Crippen molar-refractivity contribution in [1.82, 2.24) is 0 Å². The molecule has 0 radical (unpaired) electrons. The van der Waals surface area contributed by atoms with Gasteiger partial charge in [0.25, 0.3) is 0 Å². The maximum absolute atomic E-state index is 3.01. The molecular formula is C11H27P3. The van der Waals surface area contributed by atoms with Crippen LogP contribution in [-0.4, -0.2) is 15.5 Å². The summed E-state index contributed by atoms with van der Waals surface area (Å²) in [5.74, 6) is 0. The standard InChI is InChI=1S/C11H27P3/c1-8(2,12)11(7,9(3,4)13)10(5,6)14/h12-14H2,1-7H3. The van der Waals surface area contributed by atoms with Gasteiger partial charge in [0, 0.05) is 0 Å². The van der Waals surface area contributed by atoms with Gasteiger partial charge in [-0.3, -0.25) is 0 Å². The smallest absolute Gasteiger partial charge is 0.00691 e. The lowest BCUT2D eigenvalue weighted by atomic mass is 9.62. The molecule has 3 heteroatoms. The molecule has 3 unspecified atom stereocenters. The second-order valence-corrected chi connectivity index (χ2v) is 10.6. The van der Waals surface area contributed by atoms with Crippen molar-refractivity contribution in [3.8, 4) is 0 Å². The monoisotopic (exact) mass is 252 g/mol. The maximum atomic E-state index is 3.01. The molecule has 14 heavy (non-hydrogen) atoms. The summed E-state index contributed by atoms with van der Waals surface area (Å²) in [4.78, 5) is 0. The molecule has 0 aliphatic carbocycles. The molecule has 0 amide bonds. The van der Waals surface area contributed by atoms with E-state index in [0.29, 0.717) is 0 Å². The van der Waals surface area contributed by atoms with E-state index in [9.17, 15) is 0 Å². The van der Waals surface area contributed by atoms with E-state index in [-0.39, 0.29) is 20.9 Å². The van der Waals surface area contributed by atoms with Gasteiger partial charge in [-0.1, -0.05) is 48.5 Å². The molecule has 0 bridgehead atoms. The molecule has 0 spiro atoms. The molecule has 0 aromatic heterocycles. The second kappa shape index (κ2) is 3.95. The van der Waals surface area contributed by atoms with Crippen molar-refractivity contribution in [2.75, 3.05) is 0 Å². The maximum Gasteiger partial charge on any atom is -0.00691 e. The molecule has 0 fully saturated rings. The van der Waals surface area contributed by atoms with Crippen LogP contribution in [0.15, 0.2) is 0 Å². The SMILES string of the molecule is CC(C)(P)C(C)(C(C)(C)P)C(C)(C)P. The Hall–Kier alpha value is 1.29. The van der Waals surface area contributed by atoms with Crippen LogP contribution >= 0.6 is 27.7 Å². The largest absolute Gasteiger partial charge is 0.131 e. The van der Waals surface area contributed by atoms with E-state index < -0.39 is 0 Å². The van der Waals surface area contributed by atoms with E-state index in [2.05, 4.69) is 76.2 Å². The fraction of sp³-hybridized carbons (Fsp3) is 1.00. The summed E-state index contributed by atoms with van der Waals surface area (Å²) < 4.78 is 0. The lowest BCUT2D eigenvalue weighted by Crippen LogP contribution is -2.58. The summed E-state index contributed by atoms with van der Waals surface area (Å²) in [7, 11) is 9.02. The molecule has 0 nitrogen and oxygen atoms in total. The highest BCUT2D eigenvalue weighted by Gasteiger charge is 2.54. The lowest BCUT2D eigenvalue weighted by molar-refractivity contribution is 0.139. The van der Waals surface area contributed by atoms with Crippen molar-refractivity contribution in [2.24, 2.45) is 5.41 Å². The first kappa shape index (κ1) is 15.3. The number of hydrogen-bond acceptors (Lipinski definition) is 0. The topological polar surface area (TPSA) is 0 Å². The molecule has 0 aromatic carbocycles. The predicted molar refractivity (Wildman–Crippen MR) is 79.5 cm³/mol. The summed E-state index contributed by atoms with van der Waals surface area (Å²) >= 11 is 0. The molecule has 0 saturated heterocycles. The van der Waals surface area contributed by atoms with Crippen molar-refractivity contribution >= 4 is 27.7 Å². The number of hydrogen-bond donors (Lipinski definition) is 0. The minimum absolute atomic E-state index is 0.198. The van der Waals surface area contributed by atoms with Gasteiger partial charge in [0.05, 0.1) is 0 Å². The van der Waals surface area contributed by atoms with E-state index >= 15 is 0 Å². The van der Waals surface area contributed by atoms with E-state index in [0.717, 1.165) is 0 Å². The van der Waals surface area contributed by atoms with Crippen molar-refractivity contribution in [1.29, 1.82) is 0 Å². The fourth-order valence-electron chi connectivity index (χ4n) is 2.49. The Morgan fingerprint density at radius 3 is 0.643 bits per heavy atom. The third-order valence-electron chi connectivity index (χ3n) is 3.87. The van der Waals surface area contributed by atoms with Crippen LogP contribution in [0.25, 0.3) is 0 Å². The third-order valence-corrected chi connectivity index (χ3v) is 5.60. The van der Waals surface area contributed by atoms with Crippen LogP contribution < -0.4 is 0 Å². The molecule has 0 aromatic rings. The quantitative estimate of drug-likeness (QED) is 0.667. The first-order chi connectivity index (χ1) is 5.75. The van der Waals surface area contributed by atoms with Gasteiger partial charge in [-0.05, 0) is 20.9 Å². The van der Waals surface area contributed by atoms with Crippen LogP contribution in [0.2, 0.25) is 0 Å². The van der Waals surface area contributed by atoms with Crippen molar-refractivity contribution in [3.05, 3.63) is 0 Å². The highest BCUT2D eigenvalue weighted by atomic mass is 31.0. The van der Waals surface area contributed by atoms with Gasteiger partial charge in [0.15, 0.2) is 0 Å². The predicted octanol–water partition coefficient (Wildman–Crippen LogP) is 3.95. The average Bonchev–Trinajstić information content (AvgIpc) is 1.77. The molecule has 0 saturated carbocycles. The second-order valence-electron chi connectivity index (χ2n) is 6.29. The van der Waals surface area contributed by atoms with Gasteiger partial charge >= 0.3 is 0 Å². The Kier molecular flexibility index (Phi) is 4.31. The van der Waals surface area contributed by atoms with Gasteiger partial charge in [-0.2, -0.15) is 0 Å². The Morgan fingerprint density at radius 2 is 0.643 bits per heavy atom. The van der Waals surface area contributed by atoms with Gasteiger partial charge in [0.1, 0.15) is 0 Å². The molecule has 0 aliphatic heterocycles. The van der Waals surface area contributed by atoms with Gasteiger partial charge in [0.2, 0.25) is 0 Å². The zero-order chi connectivity index (χ0) is 12.0. The van der Waals surface area contributed by atoms with Crippen LogP contribution in [0.1, 0.15) is 48.5 Å². The minimum atomic E-state index is 0.198. The summed E-state index contributed by atoms with van der Waals surface area (Å²) in [5.41, 5.74) is 0.201. The third kappa shape index (κ3) is 2.51. The zero-order valence-electron chi connectivity index (χ0n) is 10.7. The number of rotatable bonds is 3. The first-order valence-corrected chi connectivity index (χ1v) is 6.85. The van der Waals surface area contributed by atoms with Crippen LogP contribution in [0.5, 0.6) is 0 Å². The van der Waals surface area contributed by atoms with Crippen molar-refractivity contribution < 1.29 is 0 Å². The normalized spacial score (nSPS) is 15.9. The summed E-state index contributed by atoms with van der Waals surface area (Å²) in [5, 5.41) is 0.594. The fourth-order valence-corrected chi connectivity index (χ4v) is 5.22. The Bertz CT molecular complexity index is 164. The molecule has 0 heterocycles. The molecule has 0 rings (SSSR count). The van der Waals surface area contributed by atoms with Gasteiger partial charge in [-0.25, -0.2) is 0 Å². The lowest BCUT2D eigenvalue weighted by Gasteiger charge is -2.58. The molecule has 86 valence electrons. The summed E-state index contributed by atoms with van der Waals surface area (Å²) in [6.45, 7) is 16.2. The average molecular weight is 252 g/mol. The van der Waals surface area contributed by atoms with Gasteiger partial charge in [-0.15, -0.1) is 27.7 Å². The summed E-state index contributed by atoms with van der Waals surface area (Å²) in [6, 6.07) is 0. The van der Waals surface area contributed by atoms with Crippen molar-refractivity contribution in [2.45, 2.75) is 63.9 Å². The van der Waals surface area contributed by atoms with E-state index in [1.165, 1.54) is 0 Å². The van der Waals surface area contributed by atoms with Crippen LogP contribution in [-0.2, 0) is 0 Å². The zero-order valence-corrected chi connectivity index (χ0v) is 14.2. The highest BCUT2D eigenvalue weighted by molar-refractivity contribution is 7.22.